The largest absolute Gasteiger partial charge is 0.481 e. The van der Waals surface area contributed by atoms with E-state index in [9.17, 15) is 19.1 Å². The summed E-state index contributed by atoms with van der Waals surface area (Å²) in [5.74, 6) is -3.90. The lowest BCUT2D eigenvalue weighted by Crippen LogP contribution is -2.39. The molecule has 0 unspecified atom stereocenters. The zero-order valence-electron chi connectivity index (χ0n) is 10.6. The minimum atomic E-state index is -1.08. The number of hydrogen-bond donors (Lipinski definition) is 2. The molecule has 4 atom stereocenters. The first kappa shape index (κ1) is 14.0. The maximum atomic E-state index is 13.1. The maximum absolute atomic E-state index is 13.1. The highest BCUT2D eigenvalue weighted by atomic mass is 35.5. The van der Waals surface area contributed by atoms with Gasteiger partial charge in [-0.05, 0) is 18.2 Å². The second kappa shape index (κ2) is 5.13. The summed E-state index contributed by atoms with van der Waals surface area (Å²) in [6.07, 6.45) is 2.21. The van der Waals surface area contributed by atoms with Crippen LogP contribution in [0.15, 0.2) is 30.4 Å². The van der Waals surface area contributed by atoms with Crippen molar-refractivity contribution in [2.45, 2.75) is 12.2 Å². The molecule has 0 aliphatic carbocycles. The van der Waals surface area contributed by atoms with Crippen molar-refractivity contribution in [1.29, 1.82) is 0 Å². The van der Waals surface area contributed by atoms with Gasteiger partial charge in [0.1, 0.15) is 11.7 Å². The van der Waals surface area contributed by atoms with Crippen LogP contribution in [0.5, 0.6) is 0 Å². The number of nitrogens with one attached hydrogen (secondary N) is 1. The van der Waals surface area contributed by atoms with E-state index in [1.807, 2.05) is 0 Å². The average molecular weight is 312 g/mol. The van der Waals surface area contributed by atoms with Crippen molar-refractivity contribution in [2.24, 2.45) is 11.8 Å². The number of carbonyl (C=O) groups excluding carboxylic acids is 1. The third kappa shape index (κ3) is 2.41. The van der Waals surface area contributed by atoms with E-state index in [0.29, 0.717) is 5.69 Å². The summed E-state index contributed by atoms with van der Waals surface area (Å²) in [6, 6.07) is 3.76. The highest BCUT2D eigenvalue weighted by molar-refractivity contribution is 6.31. The number of benzene rings is 1. The molecule has 1 aromatic rings. The van der Waals surface area contributed by atoms with Gasteiger partial charge in [-0.2, -0.15) is 0 Å². The number of rotatable bonds is 3. The third-order valence-electron chi connectivity index (χ3n) is 3.67. The summed E-state index contributed by atoms with van der Waals surface area (Å²) < 4.78 is 18.5. The molecule has 3 rings (SSSR count). The Morgan fingerprint density at radius 3 is 2.52 bits per heavy atom. The summed E-state index contributed by atoms with van der Waals surface area (Å²) in [5.41, 5.74) is 0.308. The van der Waals surface area contributed by atoms with Crippen molar-refractivity contribution in [3.05, 3.63) is 41.2 Å². The molecular weight excluding hydrogens is 301 g/mol. The number of halogens is 2. The molecular formula is C14H11ClFNO4. The van der Waals surface area contributed by atoms with Crippen molar-refractivity contribution in [3.63, 3.8) is 0 Å². The molecule has 2 bridgehead atoms. The van der Waals surface area contributed by atoms with E-state index in [2.05, 4.69) is 5.32 Å². The van der Waals surface area contributed by atoms with Gasteiger partial charge < -0.3 is 15.2 Å². The quantitative estimate of drug-likeness (QED) is 0.838. The Labute approximate surface area is 124 Å². The van der Waals surface area contributed by atoms with Crippen LogP contribution < -0.4 is 5.32 Å². The molecule has 0 spiro atoms. The molecule has 1 fully saturated rings. The molecule has 0 radical (unpaired) electrons. The van der Waals surface area contributed by atoms with Gasteiger partial charge in [0.2, 0.25) is 5.91 Å². The minimum Gasteiger partial charge on any atom is -0.481 e. The molecule has 2 aliphatic heterocycles. The van der Waals surface area contributed by atoms with Crippen LogP contribution in [0.3, 0.4) is 0 Å². The van der Waals surface area contributed by atoms with Gasteiger partial charge in [-0.25, -0.2) is 4.39 Å². The van der Waals surface area contributed by atoms with Crippen molar-refractivity contribution in [3.8, 4) is 0 Å². The lowest BCUT2D eigenvalue weighted by Gasteiger charge is -2.21. The molecule has 2 aliphatic rings. The van der Waals surface area contributed by atoms with Crippen molar-refractivity contribution < 1.29 is 23.8 Å². The molecule has 0 saturated carbocycles. The molecule has 0 aromatic heterocycles. The molecule has 5 nitrogen and oxygen atoms in total. The number of carboxylic acid groups (broad SMARTS) is 1. The van der Waals surface area contributed by atoms with Gasteiger partial charge in [-0.15, -0.1) is 0 Å². The zero-order chi connectivity index (χ0) is 15.1. The summed E-state index contributed by atoms with van der Waals surface area (Å²) in [7, 11) is 0. The zero-order valence-corrected chi connectivity index (χ0v) is 11.4. The fourth-order valence-corrected chi connectivity index (χ4v) is 2.90. The number of anilines is 1. The van der Waals surface area contributed by atoms with E-state index >= 15 is 0 Å². The lowest BCUT2D eigenvalue weighted by atomic mass is 9.82. The Hall–Kier alpha value is -1.92. The minimum absolute atomic E-state index is 0.119. The fourth-order valence-electron chi connectivity index (χ4n) is 2.71. The standard InChI is InChI=1S/C14H11ClFNO4/c15-7-5-6(1-2-8(7)16)17-13(18)11-9-3-4-10(21-9)12(11)14(19)20/h1-5,9-12H,(H,17,18)(H,19,20)/t9-,10+,11+,12-/m1/s1. The van der Waals surface area contributed by atoms with Crippen LogP contribution >= 0.6 is 11.6 Å². The van der Waals surface area contributed by atoms with E-state index in [4.69, 9.17) is 16.3 Å². The molecule has 110 valence electrons. The Bertz CT molecular complexity index is 648. The smallest absolute Gasteiger partial charge is 0.310 e. The molecule has 2 N–H and O–H groups in total. The van der Waals surface area contributed by atoms with Gasteiger partial charge in [0.25, 0.3) is 0 Å². The Kier molecular flexibility index (Phi) is 3.43. The van der Waals surface area contributed by atoms with Gasteiger partial charge in [-0.3, -0.25) is 9.59 Å². The van der Waals surface area contributed by atoms with E-state index in [1.165, 1.54) is 12.1 Å². The normalized spacial score (nSPS) is 29.6. The van der Waals surface area contributed by atoms with E-state index in [0.717, 1.165) is 6.07 Å². The number of carboxylic acids is 1. The van der Waals surface area contributed by atoms with Crippen LogP contribution in [-0.4, -0.2) is 29.2 Å². The predicted octanol–water partition coefficient (Wildman–Crippen LogP) is 2.07. The first-order chi connectivity index (χ1) is 9.97. The van der Waals surface area contributed by atoms with E-state index in [1.54, 1.807) is 12.2 Å². The monoisotopic (exact) mass is 311 g/mol. The van der Waals surface area contributed by atoms with Crippen LogP contribution in [0.4, 0.5) is 10.1 Å². The molecule has 7 heteroatoms. The predicted molar refractivity (Wildman–Crippen MR) is 72.5 cm³/mol. The SMILES string of the molecule is O=C(Nc1ccc(F)c(Cl)c1)[C@@H]1[C@H](C(=O)O)[C@@H]2C=C[C@H]1O2. The summed E-state index contributed by atoms with van der Waals surface area (Å²) in [6.45, 7) is 0. The van der Waals surface area contributed by atoms with E-state index < -0.39 is 41.7 Å². The van der Waals surface area contributed by atoms with Crippen molar-refractivity contribution in [1.82, 2.24) is 0 Å². The second-order valence-electron chi connectivity index (χ2n) is 4.96. The number of aliphatic carboxylic acids is 1. The van der Waals surface area contributed by atoms with Crippen LogP contribution in [0.2, 0.25) is 5.02 Å². The van der Waals surface area contributed by atoms with Gasteiger partial charge in [-0.1, -0.05) is 23.8 Å². The highest BCUT2D eigenvalue weighted by Gasteiger charge is 2.53. The van der Waals surface area contributed by atoms with Gasteiger partial charge >= 0.3 is 5.97 Å². The number of hydrogen-bond acceptors (Lipinski definition) is 3. The average Bonchev–Trinajstić information content (AvgIpc) is 3.03. The number of fused-ring (bicyclic) bond motifs is 2. The summed E-state index contributed by atoms with van der Waals surface area (Å²) in [4.78, 5) is 23.6. The Balaban J connectivity index is 1.80. The van der Waals surface area contributed by atoms with Crippen LogP contribution in [0.25, 0.3) is 0 Å². The maximum Gasteiger partial charge on any atom is 0.310 e. The first-order valence-corrected chi connectivity index (χ1v) is 6.67. The molecule has 2 heterocycles. The fraction of sp³-hybridized carbons (Fsp3) is 0.286. The van der Waals surface area contributed by atoms with Gasteiger partial charge in [0, 0.05) is 5.69 Å². The van der Waals surface area contributed by atoms with Crippen molar-refractivity contribution >= 4 is 29.2 Å². The summed E-state index contributed by atoms with van der Waals surface area (Å²) in [5, 5.41) is 11.7. The molecule has 1 amide bonds. The van der Waals surface area contributed by atoms with Gasteiger partial charge in [0.05, 0.1) is 23.1 Å². The van der Waals surface area contributed by atoms with Crippen LogP contribution in [0.1, 0.15) is 0 Å². The number of ether oxygens (including phenoxy) is 1. The van der Waals surface area contributed by atoms with Crippen LogP contribution in [0, 0.1) is 17.7 Å². The third-order valence-corrected chi connectivity index (χ3v) is 3.96. The first-order valence-electron chi connectivity index (χ1n) is 6.30. The number of amides is 1. The van der Waals surface area contributed by atoms with Crippen LogP contribution in [-0.2, 0) is 14.3 Å². The van der Waals surface area contributed by atoms with Gasteiger partial charge in [0.15, 0.2) is 0 Å². The molecule has 21 heavy (non-hydrogen) atoms. The molecule has 1 saturated heterocycles. The van der Waals surface area contributed by atoms with E-state index in [-0.39, 0.29) is 5.02 Å². The summed E-state index contributed by atoms with van der Waals surface area (Å²) >= 11 is 5.64. The molecule has 1 aromatic carbocycles. The Morgan fingerprint density at radius 1 is 1.24 bits per heavy atom. The second-order valence-corrected chi connectivity index (χ2v) is 5.37. The highest BCUT2D eigenvalue weighted by Crippen LogP contribution is 2.39. The Morgan fingerprint density at radius 2 is 1.90 bits per heavy atom. The topological polar surface area (TPSA) is 75.6 Å². The lowest BCUT2D eigenvalue weighted by molar-refractivity contribution is -0.145. The number of carbonyl (C=O) groups is 2. The van der Waals surface area contributed by atoms with Crippen molar-refractivity contribution in [2.75, 3.05) is 5.32 Å².